The van der Waals surface area contributed by atoms with Crippen molar-refractivity contribution >= 4 is 17.4 Å². The third kappa shape index (κ3) is 2.50. The predicted molar refractivity (Wildman–Crippen MR) is 58.5 cm³/mol. The fourth-order valence-electron chi connectivity index (χ4n) is 1.36. The summed E-state index contributed by atoms with van der Waals surface area (Å²) in [5.74, 6) is 0.388. The molecule has 0 fully saturated rings. The maximum atomic E-state index is 5.78. The Morgan fingerprint density at radius 2 is 2.27 bits per heavy atom. The molecular weight excluding hydrogens is 214 g/mol. The minimum atomic E-state index is 0.388. The molecule has 2 rings (SSSR count). The van der Waals surface area contributed by atoms with E-state index in [0.717, 1.165) is 19.5 Å². The highest BCUT2D eigenvalue weighted by Gasteiger charge is 2.01. The van der Waals surface area contributed by atoms with Gasteiger partial charge in [-0.05, 0) is 6.42 Å². The number of hydrogen-bond acceptors (Lipinski definition) is 3. The van der Waals surface area contributed by atoms with Crippen LogP contribution in [-0.2, 0) is 13.1 Å². The van der Waals surface area contributed by atoms with E-state index >= 15 is 0 Å². The van der Waals surface area contributed by atoms with E-state index in [4.69, 9.17) is 17.3 Å². The van der Waals surface area contributed by atoms with Crippen molar-refractivity contribution in [3.05, 3.63) is 29.9 Å². The van der Waals surface area contributed by atoms with Crippen molar-refractivity contribution in [1.82, 2.24) is 19.3 Å². The number of rotatable bonds is 4. The molecule has 0 unspecified atom stereocenters. The van der Waals surface area contributed by atoms with Crippen molar-refractivity contribution in [3.63, 3.8) is 0 Å². The Hall–Kier alpha value is -1.49. The lowest BCUT2D eigenvalue weighted by Gasteiger charge is -2.02. The Bertz CT molecular complexity index is 400. The molecule has 2 heterocycles. The third-order valence-corrected chi connectivity index (χ3v) is 2.40. The van der Waals surface area contributed by atoms with Crippen LogP contribution in [0.2, 0.25) is 5.02 Å². The number of hydrogen-bond donors (Lipinski definition) is 1. The lowest BCUT2D eigenvalue weighted by atomic mass is 10.4. The molecule has 0 saturated heterocycles. The molecule has 15 heavy (non-hydrogen) atoms. The van der Waals surface area contributed by atoms with Crippen LogP contribution in [0.15, 0.2) is 24.9 Å². The molecule has 0 bridgehead atoms. The van der Waals surface area contributed by atoms with Crippen molar-refractivity contribution in [2.45, 2.75) is 19.5 Å². The molecule has 0 aliphatic carbocycles. The number of aryl methyl sites for hydroxylation is 2. The second kappa shape index (κ2) is 4.35. The molecule has 0 saturated carbocycles. The summed E-state index contributed by atoms with van der Waals surface area (Å²) in [5, 5.41) is 4.58. The maximum Gasteiger partial charge on any atom is 0.164 e. The number of aromatic nitrogens is 4. The van der Waals surface area contributed by atoms with E-state index in [-0.39, 0.29) is 0 Å². The number of nitrogens with two attached hydrogens (primary N) is 1. The molecule has 0 amide bonds. The van der Waals surface area contributed by atoms with E-state index in [1.807, 2.05) is 10.8 Å². The van der Waals surface area contributed by atoms with Gasteiger partial charge >= 0.3 is 0 Å². The fraction of sp³-hybridized carbons (Fsp3) is 0.333. The summed E-state index contributed by atoms with van der Waals surface area (Å²) < 4.78 is 3.78. The SMILES string of the molecule is Nc1nn(CCCn2ccnc2)cc1Cl. The van der Waals surface area contributed by atoms with Crippen molar-refractivity contribution in [3.8, 4) is 0 Å². The number of halogens is 1. The number of nitrogen functional groups attached to an aromatic ring is 1. The molecule has 5 nitrogen and oxygen atoms in total. The smallest absolute Gasteiger partial charge is 0.164 e. The first-order valence-electron chi connectivity index (χ1n) is 4.70. The van der Waals surface area contributed by atoms with E-state index in [0.29, 0.717) is 10.8 Å². The Labute approximate surface area is 92.5 Å². The highest BCUT2D eigenvalue weighted by molar-refractivity contribution is 6.32. The zero-order valence-corrected chi connectivity index (χ0v) is 8.93. The van der Waals surface area contributed by atoms with Gasteiger partial charge in [-0.2, -0.15) is 5.10 Å². The minimum absolute atomic E-state index is 0.388. The quantitative estimate of drug-likeness (QED) is 0.856. The minimum Gasteiger partial charge on any atom is -0.381 e. The van der Waals surface area contributed by atoms with Gasteiger partial charge < -0.3 is 10.3 Å². The van der Waals surface area contributed by atoms with Gasteiger partial charge in [0.05, 0.1) is 6.33 Å². The fourth-order valence-corrected chi connectivity index (χ4v) is 1.51. The molecule has 0 radical (unpaired) electrons. The average molecular weight is 226 g/mol. The Balaban J connectivity index is 1.83. The lowest BCUT2D eigenvalue weighted by Crippen LogP contribution is -2.03. The van der Waals surface area contributed by atoms with Crippen LogP contribution in [-0.4, -0.2) is 19.3 Å². The number of imidazole rings is 1. The van der Waals surface area contributed by atoms with Crippen LogP contribution in [0.5, 0.6) is 0 Å². The van der Waals surface area contributed by atoms with Gasteiger partial charge in [0.25, 0.3) is 0 Å². The van der Waals surface area contributed by atoms with Gasteiger partial charge in [0.15, 0.2) is 5.82 Å². The second-order valence-corrected chi connectivity index (χ2v) is 3.69. The molecule has 0 atom stereocenters. The zero-order chi connectivity index (χ0) is 10.7. The average Bonchev–Trinajstić information content (AvgIpc) is 2.79. The molecule has 0 spiro atoms. The molecule has 0 aliphatic rings. The predicted octanol–water partition coefficient (Wildman–Crippen LogP) is 1.41. The maximum absolute atomic E-state index is 5.78. The first-order chi connectivity index (χ1) is 7.25. The van der Waals surface area contributed by atoms with Crippen molar-refractivity contribution < 1.29 is 0 Å². The molecule has 0 aromatic carbocycles. The van der Waals surface area contributed by atoms with Crippen LogP contribution in [0.1, 0.15) is 6.42 Å². The van der Waals surface area contributed by atoms with Crippen LogP contribution >= 0.6 is 11.6 Å². The molecule has 0 aliphatic heterocycles. The van der Waals surface area contributed by atoms with Gasteiger partial charge in [0.1, 0.15) is 5.02 Å². The zero-order valence-electron chi connectivity index (χ0n) is 8.17. The van der Waals surface area contributed by atoms with Crippen molar-refractivity contribution in [2.75, 3.05) is 5.73 Å². The first-order valence-corrected chi connectivity index (χ1v) is 5.07. The Morgan fingerprint density at radius 1 is 1.40 bits per heavy atom. The van der Waals surface area contributed by atoms with E-state index in [1.165, 1.54) is 0 Å². The van der Waals surface area contributed by atoms with Crippen LogP contribution in [0, 0.1) is 0 Å². The Kier molecular flexibility index (Phi) is 2.91. The van der Waals surface area contributed by atoms with Gasteiger partial charge in [-0.15, -0.1) is 0 Å². The molecule has 6 heteroatoms. The lowest BCUT2D eigenvalue weighted by molar-refractivity contribution is 0.528. The van der Waals surface area contributed by atoms with Crippen LogP contribution < -0.4 is 5.73 Å². The molecule has 2 N–H and O–H groups in total. The van der Waals surface area contributed by atoms with Crippen molar-refractivity contribution in [1.29, 1.82) is 0 Å². The first kappa shape index (κ1) is 10.0. The highest BCUT2D eigenvalue weighted by atomic mass is 35.5. The highest BCUT2D eigenvalue weighted by Crippen LogP contribution is 2.15. The van der Waals surface area contributed by atoms with Gasteiger partial charge in [-0.25, -0.2) is 4.98 Å². The summed E-state index contributed by atoms with van der Waals surface area (Å²) >= 11 is 5.78. The van der Waals surface area contributed by atoms with Crippen LogP contribution in [0.3, 0.4) is 0 Å². The molecular formula is C9H12ClN5. The molecule has 2 aromatic heterocycles. The topological polar surface area (TPSA) is 61.7 Å². The molecule has 80 valence electrons. The van der Waals surface area contributed by atoms with Crippen LogP contribution in [0.4, 0.5) is 5.82 Å². The third-order valence-electron chi connectivity index (χ3n) is 2.11. The van der Waals surface area contributed by atoms with E-state index in [2.05, 4.69) is 10.1 Å². The van der Waals surface area contributed by atoms with Gasteiger partial charge in [0, 0.05) is 31.7 Å². The van der Waals surface area contributed by atoms with Gasteiger partial charge in [0.2, 0.25) is 0 Å². The van der Waals surface area contributed by atoms with E-state index in [9.17, 15) is 0 Å². The summed E-state index contributed by atoms with van der Waals surface area (Å²) in [4.78, 5) is 3.97. The van der Waals surface area contributed by atoms with Crippen LogP contribution in [0.25, 0.3) is 0 Å². The molecule has 2 aromatic rings. The monoisotopic (exact) mass is 225 g/mol. The van der Waals surface area contributed by atoms with E-state index in [1.54, 1.807) is 23.4 Å². The second-order valence-electron chi connectivity index (χ2n) is 3.28. The summed E-state index contributed by atoms with van der Waals surface area (Å²) in [6.45, 7) is 1.71. The van der Waals surface area contributed by atoms with Gasteiger partial charge in [-0.1, -0.05) is 11.6 Å². The number of anilines is 1. The van der Waals surface area contributed by atoms with Gasteiger partial charge in [-0.3, -0.25) is 4.68 Å². The summed E-state index contributed by atoms with van der Waals surface area (Å²) in [6.07, 6.45) is 8.20. The Morgan fingerprint density at radius 3 is 2.87 bits per heavy atom. The summed E-state index contributed by atoms with van der Waals surface area (Å²) in [5.41, 5.74) is 5.53. The normalized spacial score (nSPS) is 10.7. The van der Waals surface area contributed by atoms with E-state index < -0.39 is 0 Å². The standard InChI is InChI=1S/C9H12ClN5/c10-8-6-15(13-9(8)11)4-1-3-14-5-2-12-7-14/h2,5-7H,1,3-4H2,(H2,11,13). The number of nitrogens with zero attached hydrogens (tertiary/aromatic N) is 4. The summed E-state index contributed by atoms with van der Waals surface area (Å²) in [7, 11) is 0. The summed E-state index contributed by atoms with van der Waals surface area (Å²) in [6, 6.07) is 0. The largest absolute Gasteiger partial charge is 0.381 e. The van der Waals surface area contributed by atoms with Crippen molar-refractivity contribution in [2.24, 2.45) is 0 Å².